The van der Waals surface area contributed by atoms with Gasteiger partial charge >= 0.3 is 0 Å². The highest BCUT2D eigenvalue weighted by atomic mass is 32.1. The maximum Gasteiger partial charge on any atom is 0.213 e. The van der Waals surface area contributed by atoms with Crippen LogP contribution in [-0.2, 0) is 0 Å². The van der Waals surface area contributed by atoms with Gasteiger partial charge in [-0.3, -0.25) is 4.79 Å². The summed E-state index contributed by atoms with van der Waals surface area (Å²) in [4.78, 5) is 13.4. The topological polar surface area (TPSA) is 35.5 Å². The van der Waals surface area contributed by atoms with E-state index in [2.05, 4.69) is 0 Å². The fourth-order valence-electron chi connectivity index (χ4n) is 1.21. The van der Waals surface area contributed by atoms with Gasteiger partial charge in [0.15, 0.2) is 0 Å². The van der Waals surface area contributed by atoms with Crippen LogP contribution in [0.5, 0.6) is 11.5 Å². The summed E-state index contributed by atoms with van der Waals surface area (Å²) in [6.45, 7) is 0. The molecule has 0 saturated carbocycles. The van der Waals surface area contributed by atoms with Gasteiger partial charge < -0.3 is 9.47 Å². The van der Waals surface area contributed by atoms with Crippen molar-refractivity contribution in [3.63, 3.8) is 0 Å². The van der Waals surface area contributed by atoms with Crippen LogP contribution in [0.1, 0.15) is 14.5 Å². The molecule has 0 bridgehead atoms. The van der Waals surface area contributed by atoms with Crippen molar-refractivity contribution in [1.29, 1.82) is 0 Å². The fourth-order valence-corrected chi connectivity index (χ4v) is 2.89. The van der Waals surface area contributed by atoms with Crippen LogP contribution in [0.25, 0.3) is 0 Å². The van der Waals surface area contributed by atoms with Crippen LogP contribution in [0.4, 0.5) is 0 Å². The molecule has 0 aliphatic rings. The SMILES string of the molecule is COc1csc(C(=O)c2cc(OC)cs2)c1. The minimum absolute atomic E-state index is 0.0154. The number of ketones is 1. The summed E-state index contributed by atoms with van der Waals surface area (Å²) in [6, 6.07) is 3.50. The van der Waals surface area contributed by atoms with Crippen molar-refractivity contribution in [2.45, 2.75) is 0 Å². The zero-order chi connectivity index (χ0) is 11.5. The zero-order valence-electron chi connectivity index (χ0n) is 8.85. The maximum atomic E-state index is 12.0. The molecular weight excluding hydrogens is 244 g/mol. The van der Waals surface area contributed by atoms with E-state index in [1.165, 1.54) is 22.7 Å². The zero-order valence-corrected chi connectivity index (χ0v) is 10.5. The molecule has 0 aliphatic carbocycles. The molecular formula is C11H10O3S2. The second-order valence-electron chi connectivity index (χ2n) is 3.03. The lowest BCUT2D eigenvalue weighted by Gasteiger charge is -1.93. The molecule has 0 N–H and O–H groups in total. The van der Waals surface area contributed by atoms with Crippen LogP contribution in [0, 0.1) is 0 Å². The highest BCUT2D eigenvalue weighted by Gasteiger charge is 2.14. The molecule has 0 spiro atoms. The van der Waals surface area contributed by atoms with Crippen molar-refractivity contribution < 1.29 is 14.3 Å². The van der Waals surface area contributed by atoms with Gasteiger partial charge in [0.05, 0.1) is 24.0 Å². The summed E-state index contributed by atoms with van der Waals surface area (Å²) >= 11 is 2.77. The van der Waals surface area contributed by atoms with Crippen molar-refractivity contribution in [3.05, 3.63) is 32.6 Å². The third kappa shape index (κ3) is 2.10. The molecule has 2 aromatic heterocycles. The first-order chi connectivity index (χ1) is 7.74. The highest BCUT2D eigenvalue weighted by molar-refractivity contribution is 7.16. The van der Waals surface area contributed by atoms with Gasteiger partial charge in [-0.25, -0.2) is 0 Å². The molecule has 0 aromatic carbocycles. The number of rotatable bonds is 4. The first kappa shape index (κ1) is 11.2. The summed E-state index contributed by atoms with van der Waals surface area (Å²) in [6.07, 6.45) is 0. The summed E-state index contributed by atoms with van der Waals surface area (Å²) in [5, 5.41) is 3.64. The van der Waals surface area contributed by atoms with E-state index in [0.29, 0.717) is 9.75 Å². The van der Waals surface area contributed by atoms with Crippen LogP contribution < -0.4 is 9.47 Å². The molecule has 0 atom stereocenters. The number of hydrogen-bond acceptors (Lipinski definition) is 5. The normalized spacial score (nSPS) is 10.1. The molecule has 2 heterocycles. The van der Waals surface area contributed by atoms with Crippen LogP contribution in [0.15, 0.2) is 22.9 Å². The maximum absolute atomic E-state index is 12.0. The van der Waals surface area contributed by atoms with E-state index in [4.69, 9.17) is 9.47 Å². The Hall–Kier alpha value is -1.33. The van der Waals surface area contributed by atoms with E-state index < -0.39 is 0 Å². The van der Waals surface area contributed by atoms with Crippen molar-refractivity contribution in [1.82, 2.24) is 0 Å². The Morgan fingerprint density at radius 2 is 1.44 bits per heavy atom. The molecule has 2 rings (SSSR count). The molecule has 0 amide bonds. The summed E-state index contributed by atoms with van der Waals surface area (Å²) in [7, 11) is 3.18. The Labute approximate surface area is 101 Å². The first-order valence-corrected chi connectivity index (χ1v) is 6.30. The summed E-state index contributed by atoms with van der Waals surface area (Å²) in [5.74, 6) is 1.45. The Morgan fingerprint density at radius 1 is 1.00 bits per heavy atom. The summed E-state index contributed by atoms with van der Waals surface area (Å²) in [5.41, 5.74) is 0. The standard InChI is InChI=1S/C11H10O3S2/c1-13-7-3-9(15-5-7)11(12)10-4-8(14-2)6-16-10/h3-6H,1-2H3. The number of carbonyl (C=O) groups is 1. The number of carbonyl (C=O) groups excluding carboxylic acids is 1. The van der Waals surface area contributed by atoms with Gasteiger partial charge in [0, 0.05) is 22.9 Å². The van der Waals surface area contributed by atoms with E-state index in [0.717, 1.165) is 11.5 Å². The fraction of sp³-hybridized carbons (Fsp3) is 0.182. The van der Waals surface area contributed by atoms with Crippen LogP contribution in [0.2, 0.25) is 0 Å². The van der Waals surface area contributed by atoms with Crippen LogP contribution >= 0.6 is 22.7 Å². The van der Waals surface area contributed by atoms with Gasteiger partial charge in [0.1, 0.15) is 11.5 Å². The molecule has 0 saturated heterocycles. The van der Waals surface area contributed by atoms with E-state index in [9.17, 15) is 4.79 Å². The molecule has 2 aromatic rings. The average molecular weight is 254 g/mol. The lowest BCUT2D eigenvalue weighted by molar-refractivity contribution is 0.104. The first-order valence-electron chi connectivity index (χ1n) is 4.54. The van der Waals surface area contributed by atoms with Gasteiger partial charge in [0.2, 0.25) is 5.78 Å². The average Bonchev–Trinajstić information content (AvgIpc) is 2.97. The predicted octanol–water partition coefficient (Wildman–Crippen LogP) is 3.06. The molecule has 0 unspecified atom stereocenters. The largest absolute Gasteiger partial charge is 0.496 e. The number of ether oxygens (including phenoxy) is 2. The lowest BCUT2D eigenvalue weighted by atomic mass is 10.2. The van der Waals surface area contributed by atoms with E-state index in [1.54, 1.807) is 26.4 Å². The van der Waals surface area contributed by atoms with Gasteiger partial charge in [-0.2, -0.15) is 0 Å². The molecule has 5 heteroatoms. The van der Waals surface area contributed by atoms with Crippen molar-refractivity contribution in [3.8, 4) is 11.5 Å². The van der Waals surface area contributed by atoms with Crippen LogP contribution in [0.3, 0.4) is 0 Å². The third-order valence-corrected chi connectivity index (χ3v) is 3.88. The minimum atomic E-state index is 0.0154. The van der Waals surface area contributed by atoms with Crippen molar-refractivity contribution in [2.24, 2.45) is 0 Å². The molecule has 0 fully saturated rings. The lowest BCUT2D eigenvalue weighted by Crippen LogP contribution is -1.94. The monoisotopic (exact) mass is 254 g/mol. The molecule has 84 valence electrons. The number of thiophene rings is 2. The summed E-state index contributed by atoms with van der Waals surface area (Å²) < 4.78 is 10.1. The predicted molar refractivity (Wildman–Crippen MR) is 65.2 cm³/mol. The molecule has 0 radical (unpaired) electrons. The Balaban J connectivity index is 2.24. The van der Waals surface area contributed by atoms with Crippen molar-refractivity contribution in [2.75, 3.05) is 14.2 Å². The van der Waals surface area contributed by atoms with Crippen LogP contribution in [-0.4, -0.2) is 20.0 Å². The second kappa shape index (κ2) is 4.67. The quantitative estimate of drug-likeness (QED) is 0.787. The Morgan fingerprint density at radius 3 is 1.75 bits per heavy atom. The second-order valence-corrected chi connectivity index (χ2v) is 4.85. The van der Waals surface area contributed by atoms with Gasteiger partial charge in [0.25, 0.3) is 0 Å². The van der Waals surface area contributed by atoms with E-state index in [1.807, 2.05) is 10.8 Å². The third-order valence-electron chi connectivity index (χ3n) is 2.07. The highest BCUT2D eigenvalue weighted by Crippen LogP contribution is 2.28. The Kier molecular flexibility index (Phi) is 3.26. The van der Waals surface area contributed by atoms with E-state index in [-0.39, 0.29) is 5.78 Å². The molecule has 16 heavy (non-hydrogen) atoms. The van der Waals surface area contributed by atoms with Gasteiger partial charge in [-0.15, -0.1) is 22.7 Å². The van der Waals surface area contributed by atoms with E-state index >= 15 is 0 Å². The minimum Gasteiger partial charge on any atom is -0.496 e. The Bertz CT molecular complexity index is 455. The number of methoxy groups -OCH3 is 2. The number of hydrogen-bond donors (Lipinski definition) is 0. The molecule has 3 nitrogen and oxygen atoms in total. The van der Waals surface area contributed by atoms with Crippen molar-refractivity contribution >= 4 is 28.5 Å². The van der Waals surface area contributed by atoms with Gasteiger partial charge in [-0.05, 0) is 0 Å². The molecule has 0 aliphatic heterocycles. The van der Waals surface area contributed by atoms with Gasteiger partial charge in [-0.1, -0.05) is 0 Å². The smallest absolute Gasteiger partial charge is 0.213 e.